The second-order valence-corrected chi connectivity index (χ2v) is 12.8. The topological polar surface area (TPSA) is 129 Å². The molecule has 0 saturated carbocycles. The van der Waals surface area contributed by atoms with E-state index in [9.17, 15) is 19.8 Å². The Bertz CT molecular complexity index is 1660. The SMILES string of the molecule is C[C@@H]1[C@H](CN(C)[C@@H](C)[C@H](O)c2ccccc2)O[C@H](c2ccc(-c3ccccc3CNC(=O)CCC(=O)O)cc2)O[C@@H]1c1ccc(CO)cc1. The molecule has 0 aliphatic carbocycles. The van der Waals surface area contributed by atoms with E-state index in [-0.39, 0.29) is 56.1 Å². The molecule has 1 heterocycles. The highest BCUT2D eigenvalue weighted by molar-refractivity contribution is 5.80. The molecule has 9 nitrogen and oxygen atoms in total. The van der Waals surface area contributed by atoms with Gasteiger partial charge in [0.1, 0.15) is 0 Å². The molecule has 4 aromatic rings. The number of hydrogen-bond donors (Lipinski definition) is 4. The Kier molecular flexibility index (Phi) is 12.3. The van der Waals surface area contributed by atoms with Gasteiger partial charge in [0.2, 0.25) is 5.91 Å². The number of nitrogens with one attached hydrogen (secondary N) is 1. The molecule has 1 saturated heterocycles. The number of aliphatic hydroxyl groups excluding tert-OH is 2. The molecule has 0 aromatic heterocycles. The number of carboxylic acids is 1. The Hall–Kier alpha value is -4.38. The van der Waals surface area contributed by atoms with Crippen LogP contribution in [0.1, 0.15) is 73.0 Å². The van der Waals surface area contributed by atoms with Crippen molar-refractivity contribution in [3.8, 4) is 11.1 Å². The lowest BCUT2D eigenvalue weighted by Crippen LogP contribution is -2.46. The summed E-state index contributed by atoms with van der Waals surface area (Å²) in [7, 11) is 2.00. The van der Waals surface area contributed by atoms with Crippen molar-refractivity contribution in [1.82, 2.24) is 10.2 Å². The van der Waals surface area contributed by atoms with E-state index in [1.165, 1.54) is 0 Å². The summed E-state index contributed by atoms with van der Waals surface area (Å²) in [6.07, 6.45) is -2.08. The molecule has 1 aliphatic heterocycles. The number of rotatable bonds is 14. The summed E-state index contributed by atoms with van der Waals surface area (Å²) in [5.41, 5.74) is 6.38. The van der Waals surface area contributed by atoms with Crippen LogP contribution in [0.3, 0.4) is 0 Å². The second kappa shape index (κ2) is 16.8. The Labute approximate surface area is 288 Å². The van der Waals surface area contributed by atoms with Crippen LogP contribution in [-0.4, -0.2) is 57.8 Å². The van der Waals surface area contributed by atoms with Gasteiger partial charge in [-0.2, -0.15) is 0 Å². The highest BCUT2D eigenvalue weighted by atomic mass is 16.7. The molecule has 258 valence electrons. The molecular formula is C40H46N2O7. The number of benzene rings is 4. The average Bonchev–Trinajstić information content (AvgIpc) is 3.13. The first-order chi connectivity index (χ1) is 23.6. The number of carbonyl (C=O) groups is 2. The minimum absolute atomic E-state index is 0.0170. The zero-order valence-electron chi connectivity index (χ0n) is 28.2. The third kappa shape index (κ3) is 9.20. The smallest absolute Gasteiger partial charge is 0.303 e. The highest BCUT2D eigenvalue weighted by Crippen LogP contribution is 2.42. The number of amides is 1. The molecule has 0 radical (unpaired) electrons. The van der Waals surface area contributed by atoms with Crippen molar-refractivity contribution in [2.45, 2.75) is 70.5 Å². The first-order valence-corrected chi connectivity index (χ1v) is 16.7. The van der Waals surface area contributed by atoms with Gasteiger partial charge in [0.05, 0.1) is 31.3 Å². The summed E-state index contributed by atoms with van der Waals surface area (Å²) in [6.45, 7) is 4.96. The number of ether oxygens (including phenoxy) is 2. The Morgan fingerprint density at radius 1 is 0.857 bits per heavy atom. The molecule has 4 aromatic carbocycles. The van der Waals surface area contributed by atoms with Gasteiger partial charge >= 0.3 is 5.97 Å². The maximum atomic E-state index is 12.2. The first-order valence-electron chi connectivity index (χ1n) is 16.7. The average molecular weight is 667 g/mol. The number of aliphatic carboxylic acids is 1. The zero-order chi connectivity index (χ0) is 34.9. The number of likely N-dealkylation sites (N-methyl/N-ethyl adjacent to an activating group) is 1. The predicted molar refractivity (Wildman–Crippen MR) is 187 cm³/mol. The van der Waals surface area contributed by atoms with Crippen LogP contribution in [0.4, 0.5) is 0 Å². The van der Waals surface area contributed by atoms with E-state index in [2.05, 4.69) is 17.1 Å². The first kappa shape index (κ1) is 35.9. The number of carbonyl (C=O) groups excluding carboxylic acids is 1. The summed E-state index contributed by atoms with van der Waals surface area (Å²) in [4.78, 5) is 25.1. The molecule has 0 unspecified atom stereocenters. The van der Waals surface area contributed by atoms with E-state index < -0.39 is 18.4 Å². The monoisotopic (exact) mass is 666 g/mol. The van der Waals surface area contributed by atoms with E-state index in [4.69, 9.17) is 14.6 Å². The summed E-state index contributed by atoms with van der Waals surface area (Å²) in [5, 5.41) is 32.4. The quantitative estimate of drug-likeness (QED) is 0.126. The summed E-state index contributed by atoms with van der Waals surface area (Å²) in [5.74, 6) is -1.33. The van der Waals surface area contributed by atoms with Crippen LogP contribution in [0, 0.1) is 5.92 Å². The van der Waals surface area contributed by atoms with Gasteiger partial charge < -0.3 is 30.1 Å². The van der Waals surface area contributed by atoms with Crippen molar-refractivity contribution in [2.24, 2.45) is 5.92 Å². The number of hydrogen-bond acceptors (Lipinski definition) is 7. The van der Waals surface area contributed by atoms with Gasteiger partial charge in [-0.3, -0.25) is 14.5 Å². The molecule has 0 spiro atoms. The van der Waals surface area contributed by atoms with E-state index in [0.29, 0.717) is 6.54 Å². The fraction of sp³-hybridized carbons (Fsp3) is 0.350. The van der Waals surface area contributed by atoms with Crippen molar-refractivity contribution in [3.05, 3.63) is 131 Å². The van der Waals surface area contributed by atoms with Crippen LogP contribution in [0.2, 0.25) is 0 Å². The molecule has 5 rings (SSSR count). The van der Waals surface area contributed by atoms with Crippen molar-refractivity contribution in [2.75, 3.05) is 13.6 Å². The largest absolute Gasteiger partial charge is 0.481 e. The van der Waals surface area contributed by atoms with Crippen LogP contribution in [0.25, 0.3) is 11.1 Å². The molecule has 6 atom stereocenters. The number of carboxylic acid groups (broad SMARTS) is 1. The fourth-order valence-electron chi connectivity index (χ4n) is 6.23. The van der Waals surface area contributed by atoms with Gasteiger partial charge in [0.15, 0.2) is 6.29 Å². The van der Waals surface area contributed by atoms with Crippen LogP contribution in [-0.2, 0) is 32.2 Å². The van der Waals surface area contributed by atoms with Gasteiger partial charge in [-0.25, -0.2) is 0 Å². The van der Waals surface area contributed by atoms with Crippen molar-refractivity contribution >= 4 is 11.9 Å². The minimum Gasteiger partial charge on any atom is -0.481 e. The van der Waals surface area contributed by atoms with Crippen LogP contribution in [0.15, 0.2) is 103 Å². The van der Waals surface area contributed by atoms with Crippen molar-refractivity contribution in [3.63, 3.8) is 0 Å². The Morgan fingerprint density at radius 3 is 2.18 bits per heavy atom. The third-order valence-corrected chi connectivity index (χ3v) is 9.44. The van der Waals surface area contributed by atoms with Crippen LogP contribution in [0.5, 0.6) is 0 Å². The molecular weight excluding hydrogens is 620 g/mol. The minimum atomic E-state index is -1.00. The predicted octanol–water partition coefficient (Wildman–Crippen LogP) is 6.17. The lowest BCUT2D eigenvalue weighted by molar-refractivity contribution is -0.276. The van der Waals surface area contributed by atoms with Crippen LogP contribution >= 0.6 is 0 Å². The van der Waals surface area contributed by atoms with E-state index >= 15 is 0 Å². The fourth-order valence-corrected chi connectivity index (χ4v) is 6.23. The zero-order valence-corrected chi connectivity index (χ0v) is 28.2. The maximum absolute atomic E-state index is 12.2. The standard InChI is InChI=1S/C40H46N2O7/c1-26-35(24-42(3)27(2)38(47)30-9-5-4-6-10-30)48-40(49-39(26)31-15-13-28(25-43)14-16-31)32-19-17-29(18-20-32)34-12-8-7-11-33(34)23-41-36(44)21-22-37(45)46/h4-20,26-27,35,38-40,43,47H,21-25H2,1-3H3,(H,41,44)(H,45,46)/t26-,27+,35+,38+,39+,40+/m1/s1. The third-order valence-electron chi connectivity index (χ3n) is 9.44. The molecule has 9 heteroatoms. The van der Waals surface area contributed by atoms with Gasteiger partial charge in [-0.1, -0.05) is 110 Å². The van der Waals surface area contributed by atoms with E-state index in [0.717, 1.165) is 38.9 Å². The molecule has 4 N–H and O–H groups in total. The second-order valence-electron chi connectivity index (χ2n) is 12.8. The molecule has 1 fully saturated rings. The molecule has 1 amide bonds. The van der Waals surface area contributed by atoms with Crippen molar-refractivity contribution in [1.29, 1.82) is 0 Å². The Balaban J connectivity index is 1.35. The summed E-state index contributed by atoms with van der Waals surface area (Å²) >= 11 is 0. The summed E-state index contributed by atoms with van der Waals surface area (Å²) < 4.78 is 13.4. The number of nitrogens with zero attached hydrogens (tertiary/aromatic N) is 1. The lowest BCUT2D eigenvalue weighted by atomic mass is 9.89. The van der Waals surface area contributed by atoms with Gasteiger partial charge in [-0.05, 0) is 47.4 Å². The maximum Gasteiger partial charge on any atom is 0.303 e. The molecule has 0 bridgehead atoms. The van der Waals surface area contributed by atoms with E-state index in [1.807, 2.05) is 117 Å². The highest BCUT2D eigenvalue weighted by Gasteiger charge is 2.39. The number of aliphatic hydroxyl groups is 2. The lowest BCUT2D eigenvalue weighted by Gasteiger charge is -2.43. The molecule has 49 heavy (non-hydrogen) atoms. The van der Waals surface area contributed by atoms with Gasteiger partial charge in [-0.15, -0.1) is 0 Å². The normalized spacial score (nSPS) is 20.4. The summed E-state index contributed by atoms with van der Waals surface area (Å²) in [6, 6.07) is 33.1. The Morgan fingerprint density at radius 2 is 1.51 bits per heavy atom. The van der Waals surface area contributed by atoms with Crippen LogP contribution < -0.4 is 5.32 Å². The van der Waals surface area contributed by atoms with Crippen molar-refractivity contribution < 1.29 is 34.4 Å². The van der Waals surface area contributed by atoms with Gasteiger partial charge in [0, 0.05) is 37.0 Å². The van der Waals surface area contributed by atoms with Gasteiger partial charge in [0.25, 0.3) is 0 Å². The van der Waals surface area contributed by atoms with E-state index in [1.54, 1.807) is 0 Å². The molecule has 1 aliphatic rings.